The molecule has 3 rings (SSSR count). The van der Waals surface area contributed by atoms with Gasteiger partial charge in [-0.25, -0.2) is 0 Å². The van der Waals surface area contributed by atoms with Crippen LogP contribution in [0.25, 0.3) is 0 Å². The van der Waals surface area contributed by atoms with E-state index in [1.165, 1.54) is 5.56 Å². The molecule has 0 spiro atoms. The predicted molar refractivity (Wildman–Crippen MR) is 81.0 cm³/mol. The fourth-order valence-electron chi connectivity index (χ4n) is 3.22. The maximum atomic E-state index is 12.3. The highest BCUT2D eigenvalue weighted by molar-refractivity contribution is 6.04. The summed E-state index contributed by atoms with van der Waals surface area (Å²) in [6.07, 6.45) is 2.33. The summed E-state index contributed by atoms with van der Waals surface area (Å²) in [4.78, 5) is 38.3. The van der Waals surface area contributed by atoms with Crippen molar-refractivity contribution in [3.05, 3.63) is 35.9 Å². The van der Waals surface area contributed by atoms with Crippen molar-refractivity contribution in [1.82, 2.24) is 9.80 Å². The molecule has 1 aromatic carbocycles. The normalized spacial score (nSPS) is 19.8. The topological polar surface area (TPSA) is 57.7 Å². The lowest BCUT2D eigenvalue weighted by Gasteiger charge is -2.33. The minimum Gasteiger partial charge on any atom is -0.341 e. The van der Waals surface area contributed by atoms with Crippen LogP contribution < -0.4 is 0 Å². The number of benzene rings is 1. The number of amides is 3. The molecule has 0 atom stereocenters. The zero-order chi connectivity index (χ0) is 15.5. The second-order valence-corrected chi connectivity index (χ2v) is 5.94. The molecular formula is C17H20N2O3. The van der Waals surface area contributed by atoms with Crippen molar-refractivity contribution in [2.24, 2.45) is 0 Å². The van der Waals surface area contributed by atoms with Crippen LogP contribution in [0.2, 0.25) is 0 Å². The number of hydrogen-bond acceptors (Lipinski definition) is 3. The van der Waals surface area contributed by atoms with E-state index in [2.05, 4.69) is 12.1 Å². The van der Waals surface area contributed by atoms with E-state index < -0.39 is 0 Å². The first kappa shape index (κ1) is 14.8. The summed E-state index contributed by atoms with van der Waals surface area (Å²) in [5, 5.41) is 0. The smallest absolute Gasteiger partial charge is 0.242 e. The highest BCUT2D eigenvalue weighted by atomic mass is 16.2. The minimum absolute atomic E-state index is 0.0896. The number of carbonyl (C=O) groups is 3. The van der Waals surface area contributed by atoms with Gasteiger partial charge in [0, 0.05) is 25.9 Å². The third-order valence-electron chi connectivity index (χ3n) is 4.57. The van der Waals surface area contributed by atoms with Crippen LogP contribution in [0, 0.1) is 0 Å². The Morgan fingerprint density at radius 1 is 1.00 bits per heavy atom. The number of rotatable bonds is 3. The molecule has 2 aliphatic rings. The van der Waals surface area contributed by atoms with E-state index in [4.69, 9.17) is 0 Å². The average molecular weight is 300 g/mol. The molecule has 2 fully saturated rings. The fourth-order valence-corrected chi connectivity index (χ4v) is 3.22. The van der Waals surface area contributed by atoms with Crippen LogP contribution in [0.3, 0.4) is 0 Å². The molecule has 1 aromatic rings. The molecule has 2 heterocycles. The molecule has 0 N–H and O–H groups in total. The Hall–Kier alpha value is -2.17. The van der Waals surface area contributed by atoms with E-state index in [1.54, 1.807) is 4.90 Å². The highest BCUT2D eigenvalue weighted by Gasteiger charge is 2.32. The molecule has 5 nitrogen and oxygen atoms in total. The Labute approximate surface area is 129 Å². The van der Waals surface area contributed by atoms with E-state index in [9.17, 15) is 14.4 Å². The van der Waals surface area contributed by atoms with Crippen LogP contribution in [0.15, 0.2) is 30.3 Å². The molecule has 2 aliphatic heterocycles. The molecule has 0 bridgehead atoms. The van der Waals surface area contributed by atoms with Gasteiger partial charge in [0.25, 0.3) is 0 Å². The summed E-state index contributed by atoms with van der Waals surface area (Å²) in [7, 11) is 0. The van der Waals surface area contributed by atoms with Gasteiger partial charge in [-0.3, -0.25) is 19.3 Å². The van der Waals surface area contributed by atoms with E-state index in [1.807, 2.05) is 18.2 Å². The van der Waals surface area contributed by atoms with Gasteiger partial charge in [-0.05, 0) is 24.3 Å². The molecule has 0 saturated carbocycles. The third-order valence-corrected chi connectivity index (χ3v) is 4.57. The predicted octanol–water partition coefficient (Wildman–Crippen LogP) is 1.54. The van der Waals surface area contributed by atoms with Crippen molar-refractivity contribution < 1.29 is 14.4 Å². The molecule has 0 radical (unpaired) electrons. The van der Waals surface area contributed by atoms with Gasteiger partial charge in [-0.2, -0.15) is 0 Å². The van der Waals surface area contributed by atoms with Gasteiger partial charge in [0.15, 0.2) is 0 Å². The Balaban J connectivity index is 1.54. The summed E-state index contributed by atoms with van der Waals surface area (Å²) in [5.41, 5.74) is 1.32. The molecular weight excluding hydrogens is 280 g/mol. The first-order valence-corrected chi connectivity index (χ1v) is 7.81. The van der Waals surface area contributed by atoms with E-state index in [-0.39, 0.29) is 37.1 Å². The standard InChI is InChI=1S/C17H20N2O3/c20-15-6-7-16(21)19(15)12-17(22)18-10-8-14(9-11-18)13-4-2-1-3-5-13/h1-5,14H,6-12H2. The SMILES string of the molecule is O=C(CN1C(=O)CCC1=O)N1CCC(c2ccccc2)CC1. The zero-order valence-corrected chi connectivity index (χ0v) is 12.5. The van der Waals surface area contributed by atoms with Crippen molar-refractivity contribution in [3.8, 4) is 0 Å². The average Bonchev–Trinajstić information content (AvgIpc) is 2.88. The van der Waals surface area contributed by atoms with E-state index >= 15 is 0 Å². The summed E-state index contributed by atoms with van der Waals surface area (Å²) in [6.45, 7) is 1.29. The lowest BCUT2D eigenvalue weighted by Crippen LogP contribution is -2.45. The van der Waals surface area contributed by atoms with Crippen LogP contribution in [0.5, 0.6) is 0 Å². The van der Waals surface area contributed by atoms with Crippen molar-refractivity contribution in [2.75, 3.05) is 19.6 Å². The monoisotopic (exact) mass is 300 g/mol. The molecule has 0 aromatic heterocycles. The highest BCUT2D eigenvalue weighted by Crippen LogP contribution is 2.27. The number of imide groups is 1. The summed E-state index contributed by atoms with van der Waals surface area (Å²) >= 11 is 0. The van der Waals surface area contributed by atoms with Crippen molar-refractivity contribution in [1.29, 1.82) is 0 Å². The molecule has 0 unspecified atom stereocenters. The van der Waals surface area contributed by atoms with Crippen LogP contribution in [-0.4, -0.2) is 47.2 Å². The van der Waals surface area contributed by atoms with Gasteiger partial charge in [0.2, 0.25) is 17.7 Å². The number of piperidine rings is 1. The van der Waals surface area contributed by atoms with Gasteiger partial charge in [-0.15, -0.1) is 0 Å². The van der Waals surface area contributed by atoms with E-state index in [0.717, 1.165) is 17.7 Å². The molecule has 22 heavy (non-hydrogen) atoms. The second kappa shape index (κ2) is 6.30. The summed E-state index contributed by atoms with van der Waals surface area (Å²) in [6, 6.07) is 10.3. The third kappa shape index (κ3) is 3.03. The van der Waals surface area contributed by atoms with Gasteiger partial charge in [-0.1, -0.05) is 30.3 Å². The number of nitrogens with zero attached hydrogens (tertiary/aromatic N) is 2. The van der Waals surface area contributed by atoms with Gasteiger partial charge in [0.1, 0.15) is 6.54 Å². The Kier molecular flexibility index (Phi) is 4.22. The molecule has 116 valence electrons. The maximum absolute atomic E-state index is 12.3. The molecule has 2 saturated heterocycles. The number of likely N-dealkylation sites (tertiary alicyclic amines) is 2. The Morgan fingerprint density at radius 3 is 2.18 bits per heavy atom. The van der Waals surface area contributed by atoms with Crippen molar-refractivity contribution in [3.63, 3.8) is 0 Å². The molecule has 3 amide bonds. The van der Waals surface area contributed by atoms with E-state index in [0.29, 0.717) is 19.0 Å². The Morgan fingerprint density at radius 2 is 1.59 bits per heavy atom. The van der Waals surface area contributed by atoms with Crippen LogP contribution in [0.4, 0.5) is 0 Å². The van der Waals surface area contributed by atoms with Crippen molar-refractivity contribution in [2.45, 2.75) is 31.6 Å². The maximum Gasteiger partial charge on any atom is 0.242 e. The number of carbonyl (C=O) groups excluding carboxylic acids is 3. The number of hydrogen-bond donors (Lipinski definition) is 0. The van der Waals surface area contributed by atoms with Gasteiger partial charge in [0.05, 0.1) is 0 Å². The van der Waals surface area contributed by atoms with Gasteiger partial charge >= 0.3 is 0 Å². The minimum atomic E-state index is -0.225. The quantitative estimate of drug-likeness (QED) is 0.796. The second-order valence-electron chi connectivity index (χ2n) is 5.94. The first-order chi connectivity index (χ1) is 10.6. The molecule has 0 aliphatic carbocycles. The lowest BCUT2D eigenvalue weighted by molar-refractivity contribution is -0.145. The van der Waals surface area contributed by atoms with Crippen LogP contribution in [-0.2, 0) is 14.4 Å². The molecule has 5 heteroatoms. The largest absolute Gasteiger partial charge is 0.341 e. The van der Waals surface area contributed by atoms with Gasteiger partial charge < -0.3 is 4.90 Å². The zero-order valence-electron chi connectivity index (χ0n) is 12.5. The fraction of sp³-hybridized carbons (Fsp3) is 0.471. The Bertz CT molecular complexity index is 561. The summed E-state index contributed by atoms with van der Waals surface area (Å²) < 4.78 is 0. The first-order valence-electron chi connectivity index (χ1n) is 7.81. The van der Waals surface area contributed by atoms with Crippen LogP contribution in [0.1, 0.15) is 37.2 Å². The lowest BCUT2D eigenvalue weighted by atomic mass is 9.89. The summed E-state index contributed by atoms with van der Waals surface area (Å²) in [5.74, 6) is -0.0783. The van der Waals surface area contributed by atoms with Crippen LogP contribution >= 0.6 is 0 Å². The van der Waals surface area contributed by atoms with Crippen molar-refractivity contribution >= 4 is 17.7 Å².